The molecule has 1 aromatic carbocycles. The highest BCUT2D eigenvalue weighted by Crippen LogP contribution is 2.24. The number of aromatic nitrogens is 1. The number of carbonyl (C=O) groups is 1. The second-order valence-electron chi connectivity index (χ2n) is 5.44. The van der Waals surface area contributed by atoms with Crippen molar-refractivity contribution in [2.24, 2.45) is 0 Å². The maximum atomic E-state index is 12.2. The van der Waals surface area contributed by atoms with Crippen molar-refractivity contribution in [2.75, 3.05) is 33.8 Å². The van der Waals surface area contributed by atoms with Gasteiger partial charge in [0.15, 0.2) is 0 Å². The lowest BCUT2D eigenvalue weighted by Gasteiger charge is -2.12. The van der Waals surface area contributed by atoms with Crippen molar-refractivity contribution < 1.29 is 9.53 Å². The van der Waals surface area contributed by atoms with Gasteiger partial charge in [0.05, 0.1) is 6.61 Å². The van der Waals surface area contributed by atoms with Gasteiger partial charge in [0.1, 0.15) is 5.69 Å². The molecule has 0 saturated carbocycles. The lowest BCUT2D eigenvalue weighted by atomic mass is 10.1. The Hall–Kier alpha value is -2.14. The van der Waals surface area contributed by atoms with Crippen molar-refractivity contribution in [2.45, 2.75) is 13.3 Å². The van der Waals surface area contributed by atoms with Crippen LogP contribution in [0, 0.1) is 0 Å². The third kappa shape index (κ3) is 4.18. The molecule has 118 valence electrons. The fourth-order valence-corrected chi connectivity index (χ4v) is 2.08. The summed E-state index contributed by atoms with van der Waals surface area (Å²) in [6.45, 7) is 4.01. The van der Waals surface area contributed by atoms with Gasteiger partial charge in [-0.25, -0.2) is 4.98 Å². The molecule has 0 fully saturated rings. The van der Waals surface area contributed by atoms with Gasteiger partial charge in [-0.1, -0.05) is 25.1 Å². The molecule has 0 radical (unpaired) electrons. The van der Waals surface area contributed by atoms with E-state index in [-0.39, 0.29) is 5.91 Å². The monoisotopic (exact) mass is 301 g/mol. The molecule has 1 aromatic heterocycles. The van der Waals surface area contributed by atoms with Gasteiger partial charge in [0.25, 0.3) is 5.91 Å². The number of hydrogen-bond donors (Lipinski definition) is 1. The summed E-state index contributed by atoms with van der Waals surface area (Å²) < 4.78 is 5.70. The van der Waals surface area contributed by atoms with Crippen LogP contribution in [0.2, 0.25) is 0 Å². The smallest absolute Gasteiger partial charge is 0.270 e. The van der Waals surface area contributed by atoms with Crippen molar-refractivity contribution in [3.05, 3.63) is 36.0 Å². The number of ether oxygens (including phenoxy) is 1. The molecule has 0 bridgehead atoms. The number of nitrogens with one attached hydrogen (secondary N) is 1. The van der Waals surface area contributed by atoms with Gasteiger partial charge >= 0.3 is 0 Å². The first-order valence-corrected chi connectivity index (χ1v) is 7.57. The van der Waals surface area contributed by atoms with Crippen molar-refractivity contribution in [3.8, 4) is 5.88 Å². The van der Waals surface area contributed by atoms with Gasteiger partial charge in [-0.3, -0.25) is 4.79 Å². The summed E-state index contributed by atoms with van der Waals surface area (Å²) in [4.78, 5) is 18.7. The highest BCUT2D eigenvalue weighted by molar-refractivity contribution is 5.98. The van der Waals surface area contributed by atoms with Crippen LogP contribution in [0.4, 0.5) is 0 Å². The first kappa shape index (κ1) is 16.2. The van der Waals surface area contributed by atoms with E-state index in [2.05, 4.69) is 10.3 Å². The molecule has 5 heteroatoms. The molecular weight excluding hydrogens is 278 g/mol. The van der Waals surface area contributed by atoms with E-state index in [0.29, 0.717) is 24.7 Å². The molecule has 0 saturated heterocycles. The molecule has 5 nitrogen and oxygen atoms in total. The van der Waals surface area contributed by atoms with Crippen LogP contribution in [-0.4, -0.2) is 49.6 Å². The van der Waals surface area contributed by atoms with Crippen molar-refractivity contribution >= 4 is 16.7 Å². The van der Waals surface area contributed by atoms with Crippen LogP contribution >= 0.6 is 0 Å². The van der Waals surface area contributed by atoms with Crippen LogP contribution in [0.3, 0.4) is 0 Å². The second kappa shape index (κ2) is 7.75. The van der Waals surface area contributed by atoms with E-state index in [1.807, 2.05) is 50.2 Å². The van der Waals surface area contributed by atoms with Crippen LogP contribution in [0.1, 0.15) is 23.8 Å². The van der Waals surface area contributed by atoms with E-state index in [0.717, 1.165) is 23.7 Å². The number of likely N-dealkylation sites (N-methyl/N-ethyl adjacent to an activating group) is 1. The molecule has 0 unspecified atom stereocenters. The fourth-order valence-electron chi connectivity index (χ4n) is 2.08. The minimum Gasteiger partial charge on any atom is -0.477 e. The normalized spacial score (nSPS) is 10.9. The van der Waals surface area contributed by atoms with Gasteiger partial charge in [0, 0.05) is 18.5 Å². The number of rotatable bonds is 7. The molecule has 0 aliphatic carbocycles. The summed E-state index contributed by atoms with van der Waals surface area (Å²) in [6.07, 6.45) is 0.898. The Kier molecular flexibility index (Phi) is 5.72. The number of hydrogen-bond acceptors (Lipinski definition) is 4. The predicted octanol–water partition coefficient (Wildman–Crippen LogP) is 2.31. The average Bonchev–Trinajstić information content (AvgIpc) is 2.51. The van der Waals surface area contributed by atoms with E-state index < -0.39 is 0 Å². The SMILES string of the molecule is CCCOc1nc(C(=O)NCCN(C)C)cc2ccccc12. The van der Waals surface area contributed by atoms with Crippen LogP contribution in [-0.2, 0) is 0 Å². The molecule has 1 amide bonds. The Morgan fingerprint density at radius 3 is 2.82 bits per heavy atom. The molecule has 22 heavy (non-hydrogen) atoms. The first-order valence-electron chi connectivity index (χ1n) is 7.57. The van der Waals surface area contributed by atoms with E-state index >= 15 is 0 Å². The summed E-state index contributed by atoms with van der Waals surface area (Å²) in [5.41, 5.74) is 0.392. The van der Waals surface area contributed by atoms with Crippen LogP contribution in [0.25, 0.3) is 10.8 Å². The summed E-state index contributed by atoms with van der Waals surface area (Å²) in [5.74, 6) is 0.353. The molecule has 0 spiro atoms. The number of pyridine rings is 1. The Morgan fingerprint density at radius 1 is 1.32 bits per heavy atom. The van der Waals surface area contributed by atoms with Gasteiger partial charge < -0.3 is 15.0 Å². The van der Waals surface area contributed by atoms with E-state index in [9.17, 15) is 4.79 Å². The first-order chi connectivity index (χ1) is 10.6. The molecule has 2 aromatic rings. The summed E-state index contributed by atoms with van der Waals surface area (Å²) in [6, 6.07) is 9.62. The Labute approximate surface area is 131 Å². The maximum Gasteiger partial charge on any atom is 0.270 e. The van der Waals surface area contributed by atoms with Gasteiger partial charge in [-0.2, -0.15) is 0 Å². The third-order valence-corrected chi connectivity index (χ3v) is 3.23. The van der Waals surface area contributed by atoms with Gasteiger partial charge in [-0.05, 0) is 38.0 Å². The van der Waals surface area contributed by atoms with Crippen LogP contribution < -0.4 is 10.1 Å². The fraction of sp³-hybridized carbons (Fsp3) is 0.412. The Morgan fingerprint density at radius 2 is 2.09 bits per heavy atom. The van der Waals surface area contributed by atoms with Crippen LogP contribution in [0.15, 0.2) is 30.3 Å². The lowest BCUT2D eigenvalue weighted by Crippen LogP contribution is -2.31. The number of benzene rings is 1. The van der Waals surface area contributed by atoms with E-state index in [4.69, 9.17) is 4.74 Å². The zero-order valence-electron chi connectivity index (χ0n) is 13.4. The van der Waals surface area contributed by atoms with Crippen LogP contribution in [0.5, 0.6) is 5.88 Å². The minimum absolute atomic E-state index is 0.172. The summed E-state index contributed by atoms with van der Waals surface area (Å²) >= 11 is 0. The van der Waals surface area contributed by atoms with Gasteiger partial charge in [0.2, 0.25) is 5.88 Å². The lowest BCUT2D eigenvalue weighted by molar-refractivity contribution is 0.0945. The number of amides is 1. The second-order valence-corrected chi connectivity index (χ2v) is 5.44. The molecule has 0 aliphatic heterocycles. The minimum atomic E-state index is -0.172. The van der Waals surface area contributed by atoms with Crippen molar-refractivity contribution in [1.82, 2.24) is 15.2 Å². The van der Waals surface area contributed by atoms with Crippen molar-refractivity contribution in [3.63, 3.8) is 0 Å². The Balaban J connectivity index is 2.24. The van der Waals surface area contributed by atoms with Crippen molar-refractivity contribution in [1.29, 1.82) is 0 Å². The third-order valence-electron chi connectivity index (χ3n) is 3.23. The highest BCUT2D eigenvalue weighted by atomic mass is 16.5. The molecule has 1 heterocycles. The van der Waals surface area contributed by atoms with Gasteiger partial charge in [-0.15, -0.1) is 0 Å². The molecule has 2 rings (SSSR count). The summed E-state index contributed by atoms with van der Waals surface area (Å²) in [5, 5.41) is 4.77. The molecule has 0 atom stereocenters. The largest absolute Gasteiger partial charge is 0.477 e. The Bertz CT molecular complexity index is 641. The quantitative estimate of drug-likeness (QED) is 0.852. The highest BCUT2D eigenvalue weighted by Gasteiger charge is 2.12. The number of nitrogens with zero attached hydrogens (tertiary/aromatic N) is 2. The molecular formula is C17H23N3O2. The number of fused-ring (bicyclic) bond motifs is 1. The molecule has 0 aliphatic rings. The summed E-state index contributed by atoms with van der Waals surface area (Å²) in [7, 11) is 3.94. The molecule has 1 N–H and O–H groups in total. The zero-order chi connectivity index (χ0) is 15.9. The number of carbonyl (C=O) groups excluding carboxylic acids is 1. The topological polar surface area (TPSA) is 54.5 Å². The average molecular weight is 301 g/mol. The van der Waals surface area contributed by atoms with E-state index in [1.54, 1.807) is 6.07 Å². The predicted molar refractivity (Wildman–Crippen MR) is 88.4 cm³/mol. The van der Waals surface area contributed by atoms with E-state index in [1.165, 1.54) is 0 Å². The standard InChI is InChI=1S/C17H23N3O2/c1-4-11-22-17-14-8-6-5-7-13(14)12-15(19-17)16(21)18-9-10-20(2)3/h5-8,12H,4,9-11H2,1-3H3,(H,18,21). The zero-order valence-corrected chi connectivity index (χ0v) is 13.4. The maximum absolute atomic E-state index is 12.2.